The highest BCUT2D eigenvalue weighted by atomic mass is 16.2. The summed E-state index contributed by atoms with van der Waals surface area (Å²) in [6, 6.07) is 6.01. The van der Waals surface area contributed by atoms with Crippen molar-refractivity contribution in [3.63, 3.8) is 0 Å². The van der Waals surface area contributed by atoms with Crippen LogP contribution in [0.5, 0.6) is 0 Å². The largest absolute Gasteiger partial charge is 0.322 e. The number of amides is 3. The zero-order valence-corrected chi connectivity index (χ0v) is 16.6. The Morgan fingerprint density at radius 1 is 1.07 bits per heavy atom. The summed E-state index contributed by atoms with van der Waals surface area (Å²) in [5, 5.41) is 9.62. The molecule has 154 valence electrons. The lowest BCUT2D eigenvalue weighted by atomic mass is 9.76. The van der Waals surface area contributed by atoms with E-state index in [1.54, 1.807) is 4.90 Å². The predicted molar refractivity (Wildman–Crippen MR) is 107 cm³/mol. The minimum atomic E-state index is -0.551. The van der Waals surface area contributed by atoms with Crippen molar-refractivity contribution in [1.29, 1.82) is 0 Å². The molecule has 1 aliphatic carbocycles. The molecule has 1 aromatic carbocycles. The van der Waals surface area contributed by atoms with Gasteiger partial charge in [-0.3, -0.25) is 19.7 Å². The molecule has 1 saturated carbocycles. The van der Waals surface area contributed by atoms with E-state index in [1.165, 1.54) is 24.8 Å². The van der Waals surface area contributed by atoms with Crippen molar-refractivity contribution < 1.29 is 14.4 Å². The van der Waals surface area contributed by atoms with Crippen molar-refractivity contribution in [2.75, 3.05) is 13.1 Å². The molecule has 2 bridgehead atoms. The van der Waals surface area contributed by atoms with Crippen LogP contribution in [0.15, 0.2) is 18.2 Å². The van der Waals surface area contributed by atoms with Crippen molar-refractivity contribution in [2.24, 2.45) is 11.8 Å². The quantitative estimate of drug-likeness (QED) is 0.659. The van der Waals surface area contributed by atoms with Crippen LogP contribution in [-0.4, -0.2) is 47.8 Å². The van der Waals surface area contributed by atoms with Gasteiger partial charge in [-0.05, 0) is 67.8 Å². The summed E-state index contributed by atoms with van der Waals surface area (Å²) in [4.78, 5) is 38.0. The van der Waals surface area contributed by atoms with Gasteiger partial charge in [-0.25, -0.2) is 0 Å². The monoisotopic (exact) mass is 396 g/mol. The van der Waals surface area contributed by atoms with Crippen LogP contribution in [0.1, 0.15) is 53.6 Å². The second-order valence-electron chi connectivity index (χ2n) is 9.07. The number of carbonyl (C=O) groups excluding carboxylic acids is 3. The summed E-state index contributed by atoms with van der Waals surface area (Å²) < 4.78 is 0. The van der Waals surface area contributed by atoms with Crippen molar-refractivity contribution in [3.8, 4) is 0 Å². The van der Waals surface area contributed by atoms with Gasteiger partial charge in [0.1, 0.15) is 6.04 Å². The van der Waals surface area contributed by atoms with E-state index in [2.05, 4.69) is 22.0 Å². The van der Waals surface area contributed by atoms with E-state index in [1.807, 2.05) is 12.1 Å². The molecule has 5 rings (SSSR count). The van der Waals surface area contributed by atoms with Crippen LogP contribution in [0.2, 0.25) is 0 Å². The van der Waals surface area contributed by atoms with Crippen LogP contribution < -0.4 is 16.0 Å². The lowest BCUT2D eigenvalue weighted by Crippen LogP contribution is -2.52. The fourth-order valence-electron chi connectivity index (χ4n) is 5.56. The number of carbonyl (C=O) groups is 3. The molecule has 7 heteroatoms. The molecular weight excluding hydrogens is 368 g/mol. The topological polar surface area (TPSA) is 90.5 Å². The van der Waals surface area contributed by atoms with Gasteiger partial charge < -0.3 is 15.5 Å². The molecule has 2 saturated heterocycles. The van der Waals surface area contributed by atoms with Gasteiger partial charge in [0.05, 0.1) is 0 Å². The molecule has 1 aromatic rings. The number of rotatable bonds is 4. The molecule has 3 fully saturated rings. The summed E-state index contributed by atoms with van der Waals surface area (Å²) in [7, 11) is 0. The zero-order chi connectivity index (χ0) is 20.0. The number of hydrogen-bond donors (Lipinski definition) is 3. The third kappa shape index (κ3) is 3.69. The van der Waals surface area contributed by atoms with Gasteiger partial charge in [-0.1, -0.05) is 12.1 Å². The molecule has 3 heterocycles. The second kappa shape index (κ2) is 7.54. The fraction of sp³-hybridized carbons (Fsp3) is 0.591. The Kier molecular flexibility index (Phi) is 4.87. The Hall–Kier alpha value is -2.25. The van der Waals surface area contributed by atoms with E-state index in [-0.39, 0.29) is 24.1 Å². The summed E-state index contributed by atoms with van der Waals surface area (Å²) in [5.74, 6) is 0.856. The number of benzene rings is 1. The van der Waals surface area contributed by atoms with Crippen LogP contribution in [0.4, 0.5) is 0 Å². The van der Waals surface area contributed by atoms with E-state index in [9.17, 15) is 14.4 Å². The molecule has 4 aliphatic rings. The van der Waals surface area contributed by atoms with Crippen LogP contribution in [0, 0.1) is 11.8 Å². The normalized spacial score (nSPS) is 31.6. The minimum Gasteiger partial charge on any atom is -0.322 e. The zero-order valence-electron chi connectivity index (χ0n) is 16.6. The van der Waals surface area contributed by atoms with E-state index in [4.69, 9.17) is 0 Å². The molecule has 2 unspecified atom stereocenters. The number of imide groups is 1. The molecule has 3 aliphatic heterocycles. The van der Waals surface area contributed by atoms with Crippen molar-refractivity contribution in [3.05, 3.63) is 34.9 Å². The highest BCUT2D eigenvalue weighted by Gasteiger charge is 2.39. The van der Waals surface area contributed by atoms with Crippen molar-refractivity contribution >= 4 is 17.7 Å². The summed E-state index contributed by atoms with van der Waals surface area (Å²) in [6.45, 7) is 3.53. The summed E-state index contributed by atoms with van der Waals surface area (Å²) in [5.41, 5.74) is 2.83. The van der Waals surface area contributed by atoms with Crippen LogP contribution in [0.25, 0.3) is 0 Å². The third-order valence-corrected chi connectivity index (χ3v) is 6.95. The van der Waals surface area contributed by atoms with Gasteiger partial charge in [0, 0.05) is 31.1 Å². The number of fused-ring (bicyclic) bond motifs is 3. The highest BCUT2D eigenvalue weighted by molar-refractivity contribution is 6.05. The molecule has 4 atom stereocenters. The lowest BCUT2D eigenvalue weighted by molar-refractivity contribution is -0.136. The van der Waals surface area contributed by atoms with Gasteiger partial charge in [0.2, 0.25) is 11.8 Å². The molecule has 0 aromatic heterocycles. The van der Waals surface area contributed by atoms with Crippen LogP contribution >= 0.6 is 0 Å². The lowest BCUT2D eigenvalue weighted by Gasteiger charge is -2.39. The highest BCUT2D eigenvalue weighted by Crippen LogP contribution is 2.32. The van der Waals surface area contributed by atoms with Gasteiger partial charge in [0.15, 0.2) is 0 Å². The number of piperidine rings is 2. The Morgan fingerprint density at radius 3 is 2.62 bits per heavy atom. The van der Waals surface area contributed by atoms with Gasteiger partial charge in [0.25, 0.3) is 5.91 Å². The SMILES string of the molecule is O=C1CCC(N2Cc3cc(CNC4C[C@H]5CNC[C@@H](C4)C5)ccc3C2=O)C(=O)N1. The summed E-state index contributed by atoms with van der Waals surface area (Å²) in [6.07, 6.45) is 4.51. The maximum atomic E-state index is 12.8. The molecule has 7 nitrogen and oxygen atoms in total. The van der Waals surface area contributed by atoms with Gasteiger partial charge in [-0.2, -0.15) is 0 Å². The van der Waals surface area contributed by atoms with Gasteiger partial charge in [-0.15, -0.1) is 0 Å². The molecular formula is C22H28N4O3. The molecule has 0 spiro atoms. The Morgan fingerprint density at radius 2 is 1.86 bits per heavy atom. The van der Waals surface area contributed by atoms with Crippen LogP contribution in [-0.2, 0) is 22.7 Å². The average molecular weight is 396 g/mol. The molecule has 3 amide bonds. The second-order valence-corrected chi connectivity index (χ2v) is 9.07. The minimum absolute atomic E-state index is 0.110. The summed E-state index contributed by atoms with van der Waals surface area (Å²) >= 11 is 0. The van der Waals surface area contributed by atoms with E-state index in [0.717, 1.165) is 37.0 Å². The Labute approximate surface area is 170 Å². The predicted octanol–water partition coefficient (Wildman–Crippen LogP) is 0.925. The average Bonchev–Trinajstić information content (AvgIpc) is 3.02. The van der Waals surface area contributed by atoms with Crippen molar-refractivity contribution in [2.45, 2.75) is 57.3 Å². The number of nitrogens with zero attached hydrogens (tertiary/aromatic N) is 1. The van der Waals surface area contributed by atoms with Crippen LogP contribution in [0.3, 0.4) is 0 Å². The first kappa shape index (κ1) is 18.8. The standard InChI is InChI=1S/C22H28N4O3/c27-20-4-3-19(21(28)25-20)26-12-16-6-13(1-2-18(16)22(26)29)11-24-17-7-14-5-15(8-17)10-23-9-14/h1-2,6,14-15,17,19,23-24H,3-5,7-12H2,(H,25,27,28)/t14-,15+,17?,19?. The fourth-order valence-corrected chi connectivity index (χ4v) is 5.56. The number of hydrogen-bond acceptors (Lipinski definition) is 5. The van der Waals surface area contributed by atoms with E-state index >= 15 is 0 Å². The molecule has 3 N–H and O–H groups in total. The first-order chi connectivity index (χ1) is 14.1. The maximum absolute atomic E-state index is 12.8. The van der Waals surface area contributed by atoms with Gasteiger partial charge >= 0.3 is 0 Å². The molecule has 29 heavy (non-hydrogen) atoms. The number of nitrogens with one attached hydrogen (secondary N) is 3. The smallest absolute Gasteiger partial charge is 0.255 e. The van der Waals surface area contributed by atoms with E-state index < -0.39 is 6.04 Å². The Bertz CT molecular complexity index is 842. The first-order valence-corrected chi connectivity index (χ1v) is 10.8. The maximum Gasteiger partial charge on any atom is 0.255 e. The first-order valence-electron chi connectivity index (χ1n) is 10.8. The van der Waals surface area contributed by atoms with Crippen molar-refractivity contribution in [1.82, 2.24) is 20.9 Å². The third-order valence-electron chi connectivity index (χ3n) is 6.95. The van der Waals surface area contributed by atoms with E-state index in [0.29, 0.717) is 24.6 Å². The Balaban J connectivity index is 1.23. The molecule has 0 radical (unpaired) electrons.